The van der Waals surface area contributed by atoms with Gasteiger partial charge in [0.25, 0.3) is 0 Å². The highest BCUT2D eigenvalue weighted by atomic mass is 15.3. The fraction of sp³-hybridized carbons (Fsp3) is 0.0278. The van der Waals surface area contributed by atoms with Crippen LogP contribution in [0.1, 0.15) is 5.56 Å². The van der Waals surface area contributed by atoms with E-state index in [0.29, 0.717) is 0 Å². The number of aromatic nitrogens is 1. The minimum absolute atomic E-state index is 0.763. The van der Waals surface area contributed by atoms with Crippen molar-refractivity contribution in [3.63, 3.8) is 0 Å². The van der Waals surface area contributed by atoms with E-state index in [2.05, 4.69) is 149 Å². The Morgan fingerprint density at radius 3 is 1.97 bits per heavy atom. The number of fused-ring (bicyclic) bond motifs is 5. The summed E-state index contributed by atoms with van der Waals surface area (Å²) in [6.07, 6.45) is 8.64. The molecular weight excluding hydrogens is 474 g/mol. The molecule has 0 radical (unpaired) electrons. The van der Waals surface area contributed by atoms with Crippen LogP contribution < -0.4 is 0 Å². The Balaban J connectivity index is 1.36. The highest BCUT2D eigenvalue weighted by Gasteiger charge is 2.28. The van der Waals surface area contributed by atoms with Gasteiger partial charge in [-0.15, -0.1) is 0 Å². The van der Waals surface area contributed by atoms with Crippen molar-refractivity contribution in [1.29, 1.82) is 0 Å². The topological polar surface area (TPSA) is 20.5 Å². The van der Waals surface area contributed by atoms with E-state index in [1.165, 1.54) is 49.3 Å². The number of para-hydroxylation sites is 2. The summed E-state index contributed by atoms with van der Waals surface area (Å²) in [4.78, 5) is 7.52. The molecule has 0 spiro atoms. The van der Waals surface area contributed by atoms with Crippen LogP contribution in [0.2, 0.25) is 0 Å². The SMILES string of the molecule is C1=CCN2C(=C1)C(c1ccccc1-c1cccc3ccccc13)=CN=C2n1c2ccccc2c2ccccc21. The van der Waals surface area contributed by atoms with E-state index in [9.17, 15) is 0 Å². The molecule has 0 saturated carbocycles. The summed E-state index contributed by atoms with van der Waals surface area (Å²) < 4.78 is 2.31. The maximum atomic E-state index is 5.18. The van der Waals surface area contributed by atoms with Crippen molar-refractivity contribution < 1.29 is 0 Å². The van der Waals surface area contributed by atoms with Gasteiger partial charge < -0.3 is 4.90 Å². The number of allylic oxidation sites excluding steroid dienone is 3. The van der Waals surface area contributed by atoms with Crippen molar-refractivity contribution in [2.24, 2.45) is 4.99 Å². The molecule has 1 aromatic heterocycles. The summed E-state index contributed by atoms with van der Waals surface area (Å²) in [6.45, 7) is 0.763. The fourth-order valence-corrected chi connectivity index (χ4v) is 6.13. The summed E-state index contributed by atoms with van der Waals surface area (Å²) in [7, 11) is 0. The zero-order valence-electron chi connectivity index (χ0n) is 21.3. The van der Waals surface area contributed by atoms with Crippen LogP contribution in [-0.4, -0.2) is 22.0 Å². The molecule has 0 atom stereocenters. The minimum Gasteiger partial charge on any atom is -0.307 e. The molecule has 3 heteroatoms. The van der Waals surface area contributed by atoms with Crippen molar-refractivity contribution in [1.82, 2.24) is 9.47 Å². The summed E-state index contributed by atoms with van der Waals surface area (Å²) in [5.41, 5.74) is 8.26. The Morgan fingerprint density at radius 1 is 0.564 bits per heavy atom. The highest BCUT2D eigenvalue weighted by molar-refractivity contribution is 6.15. The first-order valence-corrected chi connectivity index (χ1v) is 13.4. The van der Waals surface area contributed by atoms with E-state index < -0.39 is 0 Å². The standard InChI is InChI=1S/C36H25N3/c1-2-14-26-25(12-1)13-11-19-27(26)28-15-3-4-16-29(28)32-24-37-36(38-23-10-9-20-33(32)38)39-34-21-7-5-17-30(34)31-18-6-8-22-35(31)39/h1-22,24H,23H2. The van der Waals surface area contributed by atoms with Crippen molar-refractivity contribution in [2.45, 2.75) is 0 Å². The maximum Gasteiger partial charge on any atom is 0.215 e. The lowest BCUT2D eigenvalue weighted by Gasteiger charge is -2.34. The third-order valence-electron chi connectivity index (χ3n) is 7.87. The highest BCUT2D eigenvalue weighted by Crippen LogP contribution is 2.40. The van der Waals surface area contributed by atoms with E-state index in [0.717, 1.165) is 23.8 Å². The van der Waals surface area contributed by atoms with Gasteiger partial charge >= 0.3 is 0 Å². The molecule has 184 valence electrons. The summed E-state index contributed by atoms with van der Waals surface area (Å²) in [5, 5.41) is 4.98. The Hall–Kier alpha value is -5.15. The van der Waals surface area contributed by atoms with Crippen LogP contribution in [0, 0.1) is 0 Å². The Kier molecular flexibility index (Phi) is 4.89. The maximum absolute atomic E-state index is 5.18. The molecule has 2 aliphatic rings. The zero-order chi connectivity index (χ0) is 25.8. The van der Waals surface area contributed by atoms with Crippen molar-refractivity contribution >= 4 is 44.1 Å². The van der Waals surface area contributed by atoms with E-state index in [4.69, 9.17) is 4.99 Å². The molecule has 6 aromatic rings. The van der Waals surface area contributed by atoms with Crippen LogP contribution in [0.15, 0.2) is 150 Å². The van der Waals surface area contributed by atoms with Crippen LogP contribution in [0.5, 0.6) is 0 Å². The second-order valence-corrected chi connectivity index (χ2v) is 10.0. The molecule has 5 aromatic carbocycles. The van der Waals surface area contributed by atoms with Crippen molar-refractivity contribution in [2.75, 3.05) is 6.54 Å². The quantitative estimate of drug-likeness (QED) is 0.234. The molecule has 3 nitrogen and oxygen atoms in total. The van der Waals surface area contributed by atoms with Gasteiger partial charge in [0.1, 0.15) is 0 Å². The molecule has 0 N–H and O–H groups in total. The van der Waals surface area contributed by atoms with Gasteiger partial charge in [0.2, 0.25) is 5.96 Å². The van der Waals surface area contributed by atoms with E-state index in [1.54, 1.807) is 0 Å². The van der Waals surface area contributed by atoms with Crippen LogP contribution >= 0.6 is 0 Å². The number of nitrogens with zero attached hydrogens (tertiary/aromatic N) is 3. The molecular formula is C36H25N3. The summed E-state index contributed by atoms with van der Waals surface area (Å²) in [6, 6.07) is 41.1. The van der Waals surface area contributed by atoms with Gasteiger partial charge in [0, 0.05) is 29.1 Å². The van der Waals surface area contributed by atoms with Gasteiger partial charge in [-0.3, -0.25) is 4.57 Å². The minimum atomic E-state index is 0.763. The third-order valence-corrected chi connectivity index (χ3v) is 7.87. The monoisotopic (exact) mass is 499 g/mol. The summed E-state index contributed by atoms with van der Waals surface area (Å²) >= 11 is 0. The van der Waals surface area contributed by atoms with Crippen molar-refractivity contribution in [3.8, 4) is 11.1 Å². The Labute approximate surface area is 227 Å². The molecule has 0 bridgehead atoms. The Bertz CT molecular complexity index is 1990. The first-order valence-electron chi connectivity index (χ1n) is 13.4. The number of aliphatic imine (C=N–C) groups is 1. The van der Waals surface area contributed by atoms with E-state index >= 15 is 0 Å². The lowest BCUT2D eigenvalue weighted by atomic mass is 9.89. The zero-order valence-corrected chi connectivity index (χ0v) is 21.3. The average Bonchev–Trinajstić information content (AvgIpc) is 3.34. The van der Waals surface area contributed by atoms with E-state index in [1.807, 2.05) is 0 Å². The number of benzene rings is 5. The Morgan fingerprint density at radius 2 is 1.18 bits per heavy atom. The van der Waals surface area contributed by atoms with Gasteiger partial charge in [-0.2, -0.15) is 0 Å². The van der Waals surface area contributed by atoms with Crippen LogP contribution in [0.25, 0.3) is 49.3 Å². The van der Waals surface area contributed by atoms with Gasteiger partial charge in [-0.25, -0.2) is 4.99 Å². The van der Waals surface area contributed by atoms with Gasteiger partial charge in [-0.1, -0.05) is 115 Å². The smallest absolute Gasteiger partial charge is 0.215 e. The molecule has 8 rings (SSSR count). The molecule has 0 unspecified atom stereocenters. The lowest BCUT2D eigenvalue weighted by Crippen LogP contribution is -2.38. The predicted molar refractivity (Wildman–Crippen MR) is 164 cm³/mol. The largest absolute Gasteiger partial charge is 0.307 e. The number of hydrogen-bond acceptors (Lipinski definition) is 2. The number of rotatable bonds is 2. The predicted octanol–water partition coefficient (Wildman–Crippen LogP) is 8.63. The van der Waals surface area contributed by atoms with Gasteiger partial charge in [0.05, 0.1) is 16.7 Å². The van der Waals surface area contributed by atoms with Crippen LogP contribution in [0.4, 0.5) is 0 Å². The second-order valence-electron chi connectivity index (χ2n) is 10.0. The van der Waals surface area contributed by atoms with E-state index in [-0.39, 0.29) is 0 Å². The molecule has 39 heavy (non-hydrogen) atoms. The summed E-state index contributed by atoms with van der Waals surface area (Å²) in [5.74, 6) is 0.925. The van der Waals surface area contributed by atoms with Crippen LogP contribution in [0.3, 0.4) is 0 Å². The van der Waals surface area contributed by atoms with Crippen molar-refractivity contribution in [3.05, 3.63) is 151 Å². The molecule has 2 aliphatic heterocycles. The lowest BCUT2D eigenvalue weighted by molar-refractivity contribution is 0.562. The molecule has 0 amide bonds. The number of hydrogen-bond donors (Lipinski definition) is 0. The molecule has 0 fully saturated rings. The normalized spacial score (nSPS) is 14.9. The fourth-order valence-electron chi connectivity index (χ4n) is 6.13. The van der Waals surface area contributed by atoms with Gasteiger partial charge in [0.15, 0.2) is 0 Å². The second kappa shape index (κ2) is 8.71. The average molecular weight is 500 g/mol. The first kappa shape index (κ1) is 21.9. The van der Waals surface area contributed by atoms with Crippen LogP contribution in [-0.2, 0) is 0 Å². The molecule has 0 aliphatic carbocycles. The molecule has 3 heterocycles. The van der Waals surface area contributed by atoms with Gasteiger partial charge in [-0.05, 0) is 45.7 Å². The first-order chi connectivity index (χ1) is 19.4. The third kappa shape index (κ3) is 3.33. The molecule has 0 saturated heterocycles.